The van der Waals surface area contributed by atoms with Crippen LogP contribution in [0.3, 0.4) is 0 Å². The summed E-state index contributed by atoms with van der Waals surface area (Å²) in [4.78, 5) is 15.4. The number of carbonyl (C=O) groups excluding carboxylic acids is 1. The van der Waals surface area contributed by atoms with Gasteiger partial charge in [0.2, 0.25) is 0 Å². The molecule has 0 bridgehead atoms. The average molecular weight is 252 g/mol. The maximum atomic E-state index is 11.0. The molecule has 0 aliphatic rings. The van der Waals surface area contributed by atoms with Gasteiger partial charge in [0, 0.05) is 16.0 Å². The minimum absolute atomic E-state index is 0.136. The fourth-order valence-corrected chi connectivity index (χ4v) is 2.36. The van der Waals surface area contributed by atoms with Gasteiger partial charge in [-0.1, -0.05) is 23.7 Å². The Bertz CT molecular complexity index is 504. The van der Waals surface area contributed by atoms with Gasteiger partial charge in [0.05, 0.1) is 12.1 Å². The van der Waals surface area contributed by atoms with Crippen LogP contribution in [0, 0.1) is 0 Å². The van der Waals surface area contributed by atoms with Gasteiger partial charge in [-0.05, 0) is 19.1 Å². The second kappa shape index (κ2) is 4.76. The highest BCUT2D eigenvalue weighted by molar-refractivity contribution is 7.10. The highest BCUT2D eigenvalue weighted by Crippen LogP contribution is 2.23. The summed E-state index contributed by atoms with van der Waals surface area (Å²) in [5, 5.41) is 3.53. The molecule has 16 heavy (non-hydrogen) atoms. The maximum Gasteiger partial charge on any atom is 0.136 e. The van der Waals surface area contributed by atoms with Crippen molar-refractivity contribution in [3.8, 4) is 11.3 Å². The van der Waals surface area contributed by atoms with Crippen LogP contribution in [0.1, 0.15) is 11.9 Å². The number of hydrogen-bond donors (Lipinski definition) is 0. The van der Waals surface area contributed by atoms with Crippen molar-refractivity contribution in [2.24, 2.45) is 0 Å². The Balaban J connectivity index is 2.24. The number of thiazole rings is 1. The van der Waals surface area contributed by atoms with E-state index < -0.39 is 0 Å². The molecule has 0 N–H and O–H groups in total. The molecule has 0 atom stereocenters. The number of carbonyl (C=O) groups is 1. The third-order valence-corrected chi connectivity index (χ3v) is 3.19. The summed E-state index contributed by atoms with van der Waals surface area (Å²) in [5.41, 5.74) is 1.92. The van der Waals surface area contributed by atoms with E-state index in [0.29, 0.717) is 11.4 Å². The molecular weight excluding hydrogens is 242 g/mol. The zero-order valence-electron chi connectivity index (χ0n) is 8.74. The normalized spacial score (nSPS) is 10.4. The largest absolute Gasteiger partial charge is 0.300 e. The monoisotopic (exact) mass is 251 g/mol. The molecule has 0 fully saturated rings. The zero-order valence-corrected chi connectivity index (χ0v) is 10.3. The van der Waals surface area contributed by atoms with E-state index in [0.717, 1.165) is 16.3 Å². The molecule has 0 spiro atoms. The Hall–Kier alpha value is -1.19. The minimum atomic E-state index is 0.136. The van der Waals surface area contributed by atoms with E-state index >= 15 is 0 Å². The van der Waals surface area contributed by atoms with Crippen LogP contribution in [0.5, 0.6) is 0 Å². The molecule has 2 rings (SSSR count). The van der Waals surface area contributed by atoms with Gasteiger partial charge in [0.1, 0.15) is 10.8 Å². The maximum absolute atomic E-state index is 11.0. The molecule has 0 unspecified atom stereocenters. The van der Waals surface area contributed by atoms with Crippen LogP contribution in [-0.4, -0.2) is 10.8 Å². The molecule has 0 amide bonds. The van der Waals surface area contributed by atoms with Gasteiger partial charge in [-0.3, -0.25) is 4.79 Å². The molecule has 0 aliphatic carbocycles. The molecule has 0 radical (unpaired) electrons. The third-order valence-electron chi connectivity index (χ3n) is 2.09. The second-order valence-corrected chi connectivity index (χ2v) is 4.89. The summed E-state index contributed by atoms with van der Waals surface area (Å²) >= 11 is 7.32. The van der Waals surface area contributed by atoms with Crippen molar-refractivity contribution < 1.29 is 4.79 Å². The summed E-state index contributed by atoms with van der Waals surface area (Å²) in [6.07, 6.45) is 0.415. The predicted octanol–water partition coefficient (Wildman–Crippen LogP) is 3.60. The highest BCUT2D eigenvalue weighted by Gasteiger charge is 2.06. The van der Waals surface area contributed by atoms with Gasteiger partial charge in [-0.15, -0.1) is 11.3 Å². The number of ketones is 1. The van der Waals surface area contributed by atoms with E-state index in [1.54, 1.807) is 6.92 Å². The van der Waals surface area contributed by atoms with Crippen molar-refractivity contribution in [3.05, 3.63) is 39.7 Å². The van der Waals surface area contributed by atoms with Crippen molar-refractivity contribution in [3.63, 3.8) is 0 Å². The lowest BCUT2D eigenvalue weighted by molar-refractivity contribution is -0.116. The Morgan fingerprint density at radius 3 is 2.69 bits per heavy atom. The quantitative estimate of drug-likeness (QED) is 0.834. The first-order valence-corrected chi connectivity index (χ1v) is 6.10. The summed E-state index contributed by atoms with van der Waals surface area (Å²) < 4.78 is 0. The number of hydrogen-bond acceptors (Lipinski definition) is 3. The second-order valence-electron chi connectivity index (χ2n) is 3.51. The molecule has 1 aromatic carbocycles. The predicted molar refractivity (Wildman–Crippen MR) is 66.9 cm³/mol. The zero-order chi connectivity index (χ0) is 11.5. The van der Waals surface area contributed by atoms with E-state index in [1.165, 1.54) is 11.3 Å². The van der Waals surface area contributed by atoms with Crippen molar-refractivity contribution in [1.29, 1.82) is 0 Å². The average Bonchev–Trinajstić information content (AvgIpc) is 2.66. The Morgan fingerprint density at radius 1 is 1.38 bits per heavy atom. The van der Waals surface area contributed by atoms with Gasteiger partial charge in [0.15, 0.2) is 0 Å². The first kappa shape index (κ1) is 11.3. The molecule has 0 aliphatic heterocycles. The summed E-state index contributed by atoms with van der Waals surface area (Å²) in [6.45, 7) is 1.57. The van der Waals surface area contributed by atoms with Crippen LogP contribution in [0.25, 0.3) is 11.3 Å². The molecule has 0 saturated carbocycles. The lowest BCUT2D eigenvalue weighted by Crippen LogP contribution is -1.95. The number of halogens is 1. The van der Waals surface area contributed by atoms with Crippen molar-refractivity contribution in [2.45, 2.75) is 13.3 Å². The molecule has 2 aromatic rings. The molecule has 0 saturated heterocycles. The standard InChI is InChI=1S/C12H10ClNOS/c1-8(15)6-12-14-11(7-16-12)9-2-4-10(13)5-3-9/h2-5,7H,6H2,1H3. The van der Waals surface area contributed by atoms with E-state index in [2.05, 4.69) is 4.98 Å². The van der Waals surface area contributed by atoms with E-state index in [9.17, 15) is 4.79 Å². The Morgan fingerprint density at radius 2 is 2.06 bits per heavy atom. The minimum Gasteiger partial charge on any atom is -0.300 e. The van der Waals surface area contributed by atoms with Crippen LogP contribution in [0.4, 0.5) is 0 Å². The van der Waals surface area contributed by atoms with Crippen LogP contribution >= 0.6 is 22.9 Å². The number of aromatic nitrogens is 1. The van der Waals surface area contributed by atoms with Crippen LogP contribution in [0.15, 0.2) is 29.6 Å². The molecule has 4 heteroatoms. The number of benzene rings is 1. The fourth-order valence-electron chi connectivity index (χ4n) is 1.36. The Labute approximate surface area is 103 Å². The van der Waals surface area contributed by atoms with Gasteiger partial charge in [-0.25, -0.2) is 4.98 Å². The first-order chi connectivity index (χ1) is 7.65. The van der Waals surface area contributed by atoms with E-state index in [1.807, 2.05) is 29.6 Å². The van der Waals surface area contributed by atoms with Gasteiger partial charge < -0.3 is 0 Å². The molecule has 1 aromatic heterocycles. The van der Waals surface area contributed by atoms with Crippen LogP contribution < -0.4 is 0 Å². The number of rotatable bonds is 3. The SMILES string of the molecule is CC(=O)Cc1nc(-c2ccc(Cl)cc2)cs1. The molecule has 82 valence electrons. The first-order valence-electron chi connectivity index (χ1n) is 4.85. The topological polar surface area (TPSA) is 30.0 Å². The van der Waals surface area contributed by atoms with Crippen molar-refractivity contribution in [2.75, 3.05) is 0 Å². The third kappa shape index (κ3) is 2.68. The Kier molecular flexibility index (Phi) is 3.36. The van der Waals surface area contributed by atoms with Gasteiger partial charge in [0.25, 0.3) is 0 Å². The summed E-state index contributed by atoms with van der Waals surface area (Å²) in [5.74, 6) is 0.136. The van der Waals surface area contributed by atoms with Crippen molar-refractivity contribution in [1.82, 2.24) is 4.98 Å². The highest BCUT2D eigenvalue weighted by atomic mass is 35.5. The van der Waals surface area contributed by atoms with E-state index in [4.69, 9.17) is 11.6 Å². The van der Waals surface area contributed by atoms with Gasteiger partial charge >= 0.3 is 0 Å². The number of Topliss-reactive ketones (excluding diaryl/α,β-unsaturated/α-hetero) is 1. The number of nitrogens with zero attached hydrogens (tertiary/aromatic N) is 1. The summed E-state index contributed by atoms with van der Waals surface area (Å²) in [6, 6.07) is 7.52. The van der Waals surface area contributed by atoms with E-state index in [-0.39, 0.29) is 5.78 Å². The van der Waals surface area contributed by atoms with Crippen molar-refractivity contribution >= 4 is 28.7 Å². The molecule has 1 heterocycles. The molecule has 2 nitrogen and oxygen atoms in total. The van der Waals surface area contributed by atoms with Gasteiger partial charge in [-0.2, -0.15) is 0 Å². The lowest BCUT2D eigenvalue weighted by atomic mass is 10.2. The summed E-state index contributed by atoms with van der Waals surface area (Å²) in [7, 11) is 0. The van der Waals surface area contributed by atoms with Crippen LogP contribution in [-0.2, 0) is 11.2 Å². The lowest BCUT2D eigenvalue weighted by Gasteiger charge is -1.96. The molecular formula is C12H10ClNOS. The fraction of sp³-hybridized carbons (Fsp3) is 0.167. The van der Waals surface area contributed by atoms with Crippen LogP contribution in [0.2, 0.25) is 5.02 Å². The smallest absolute Gasteiger partial charge is 0.136 e.